The number of carbonyl (C=O) groups is 2. The lowest BCUT2D eigenvalue weighted by Gasteiger charge is -2.21. The van der Waals surface area contributed by atoms with E-state index in [0.29, 0.717) is 17.1 Å². The van der Waals surface area contributed by atoms with Gasteiger partial charge in [0.15, 0.2) is 0 Å². The Bertz CT molecular complexity index is 778. The normalized spacial score (nSPS) is 21.5. The van der Waals surface area contributed by atoms with Crippen molar-refractivity contribution in [3.63, 3.8) is 0 Å². The Balaban J connectivity index is 0.000000180. The smallest absolute Gasteiger partial charge is 0.365 e. The van der Waals surface area contributed by atoms with Gasteiger partial charge in [-0.3, -0.25) is 14.1 Å². The van der Waals surface area contributed by atoms with E-state index >= 15 is 0 Å². The summed E-state index contributed by atoms with van der Waals surface area (Å²) in [5, 5.41) is 0. The highest BCUT2D eigenvalue weighted by molar-refractivity contribution is 7.46. The maximum atomic E-state index is 12.4. The van der Waals surface area contributed by atoms with E-state index < -0.39 is 27.0 Å². The molecule has 0 amide bonds. The Hall–Kier alpha value is -1.88. The zero-order valence-electron chi connectivity index (χ0n) is 14.7. The van der Waals surface area contributed by atoms with Crippen molar-refractivity contribution in [1.29, 1.82) is 0 Å². The molecule has 3 fully saturated rings. The molecule has 0 aromatic carbocycles. The van der Waals surface area contributed by atoms with Gasteiger partial charge < -0.3 is 24.5 Å². The summed E-state index contributed by atoms with van der Waals surface area (Å²) in [7, 11) is -4.75. The molecule has 0 aromatic heterocycles. The van der Waals surface area contributed by atoms with E-state index in [0.717, 1.165) is 39.3 Å². The van der Waals surface area contributed by atoms with E-state index in [-0.39, 0.29) is 11.6 Å². The van der Waals surface area contributed by atoms with Crippen molar-refractivity contribution in [2.75, 3.05) is 45.9 Å². The van der Waals surface area contributed by atoms with Crippen LogP contribution in [0.3, 0.4) is 0 Å². The lowest BCUT2D eigenvalue weighted by Crippen LogP contribution is -2.29. The molecule has 1 aliphatic carbocycles. The number of rotatable bonds is 6. The van der Waals surface area contributed by atoms with Crippen molar-refractivity contribution in [3.05, 3.63) is 23.2 Å². The molecule has 9 nitrogen and oxygen atoms in total. The van der Waals surface area contributed by atoms with Gasteiger partial charge in [-0.25, -0.2) is 4.57 Å². The number of hydrogen-bond acceptors (Lipinski definition) is 7. The number of ketones is 2. The molecule has 3 heterocycles. The molecule has 0 unspecified atom stereocenters. The third-order valence-electron chi connectivity index (χ3n) is 4.13. The summed E-state index contributed by atoms with van der Waals surface area (Å²) in [5.41, 5.74) is 1.89. The Kier molecular flexibility index (Phi) is 5.59. The minimum atomic E-state index is -4.75. The summed E-state index contributed by atoms with van der Waals surface area (Å²) < 4.78 is 47.3. The fourth-order valence-electron chi connectivity index (χ4n) is 2.56. The molecule has 0 atom stereocenters. The standard InChI is InChI=1S/C12H13N3O2.C3H6F3O4P/c16-9-7-8(13-1-2-13)12(17)11(15-5-6-15)10(9)14-3-4-14;4-3(5,6)1-2-10-11(7,8)9/h7H,1-6H2;1-2H2,(H2,7,8,9). The monoisotopic (exact) mass is 425 g/mol. The van der Waals surface area contributed by atoms with Crippen molar-refractivity contribution in [3.8, 4) is 0 Å². The fourth-order valence-corrected chi connectivity index (χ4v) is 2.89. The van der Waals surface area contributed by atoms with E-state index in [2.05, 4.69) is 4.52 Å². The molecule has 4 aliphatic rings. The zero-order chi connectivity index (χ0) is 20.7. The highest BCUT2D eigenvalue weighted by Gasteiger charge is 2.43. The molecule has 0 saturated carbocycles. The van der Waals surface area contributed by atoms with Crippen LogP contribution in [0.1, 0.15) is 6.42 Å². The van der Waals surface area contributed by atoms with Gasteiger partial charge in [0, 0.05) is 45.3 Å². The maximum absolute atomic E-state index is 12.4. The number of carbonyl (C=O) groups excluding carboxylic acids is 2. The van der Waals surface area contributed by atoms with Crippen LogP contribution in [0.5, 0.6) is 0 Å². The van der Waals surface area contributed by atoms with Gasteiger partial charge in [-0.1, -0.05) is 0 Å². The summed E-state index contributed by atoms with van der Waals surface area (Å²) in [6, 6.07) is 0. The van der Waals surface area contributed by atoms with Crippen LogP contribution >= 0.6 is 7.82 Å². The molecule has 2 N–H and O–H groups in total. The van der Waals surface area contributed by atoms with Crippen LogP contribution in [0.4, 0.5) is 13.2 Å². The van der Waals surface area contributed by atoms with Crippen LogP contribution in [0.2, 0.25) is 0 Å². The Morgan fingerprint density at radius 3 is 1.89 bits per heavy atom. The second-order valence-corrected chi connectivity index (χ2v) is 7.81. The predicted octanol–water partition coefficient (Wildman–Crippen LogP) is 0.229. The summed E-state index contributed by atoms with van der Waals surface area (Å²) in [6.45, 7) is 4.39. The summed E-state index contributed by atoms with van der Waals surface area (Å²) in [4.78, 5) is 46.3. The predicted molar refractivity (Wildman–Crippen MR) is 88.5 cm³/mol. The molecular formula is C15H19F3N3O6P. The van der Waals surface area contributed by atoms with Crippen LogP contribution in [0.15, 0.2) is 23.2 Å². The quantitative estimate of drug-likeness (QED) is 0.351. The number of allylic oxidation sites excluding steroid dienone is 1. The minimum Gasteiger partial charge on any atom is -0.365 e. The van der Waals surface area contributed by atoms with E-state index in [1.807, 2.05) is 14.7 Å². The van der Waals surface area contributed by atoms with Crippen molar-refractivity contribution >= 4 is 19.4 Å². The Morgan fingerprint density at radius 2 is 1.46 bits per heavy atom. The molecule has 28 heavy (non-hydrogen) atoms. The third-order valence-corrected chi connectivity index (χ3v) is 4.65. The summed E-state index contributed by atoms with van der Waals surface area (Å²) >= 11 is 0. The molecule has 0 radical (unpaired) electrons. The minimum absolute atomic E-state index is 0.00546. The van der Waals surface area contributed by atoms with Gasteiger partial charge in [-0.05, 0) is 0 Å². The first-order valence-corrected chi connectivity index (χ1v) is 10.1. The van der Waals surface area contributed by atoms with Crippen molar-refractivity contribution < 1.29 is 41.6 Å². The molecular weight excluding hydrogens is 406 g/mol. The highest BCUT2D eigenvalue weighted by atomic mass is 31.2. The summed E-state index contributed by atoms with van der Waals surface area (Å²) in [5.74, 6) is 0.0485. The van der Waals surface area contributed by atoms with E-state index in [9.17, 15) is 27.3 Å². The molecule has 156 valence electrons. The van der Waals surface area contributed by atoms with Gasteiger partial charge in [-0.15, -0.1) is 0 Å². The number of nitrogens with zero attached hydrogens (tertiary/aromatic N) is 3. The first kappa shape index (κ1) is 20.8. The molecule has 4 rings (SSSR count). The van der Waals surface area contributed by atoms with Crippen LogP contribution in [0.25, 0.3) is 0 Å². The van der Waals surface area contributed by atoms with Crippen LogP contribution < -0.4 is 0 Å². The first-order chi connectivity index (χ1) is 13.0. The molecule has 0 bridgehead atoms. The van der Waals surface area contributed by atoms with Crippen LogP contribution in [-0.4, -0.2) is 88.1 Å². The first-order valence-electron chi connectivity index (χ1n) is 8.53. The van der Waals surface area contributed by atoms with Crippen molar-refractivity contribution in [1.82, 2.24) is 14.7 Å². The maximum Gasteiger partial charge on any atom is 0.469 e. The van der Waals surface area contributed by atoms with Gasteiger partial charge in [0.25, 0.3) is 0 Å². The molecule has 0 aromatic rings. The van der Waals surface area contributed by atoms with E-state index in [1.165, 1.54) is 6.08 Å². The average molecular weight is 425 g/mol. The molecule has 13 heteroatoms. The van der Waals surface area contributed by atoms with E-state index in [1.54, 1.807) is 0 Å². The van der Waals surface area contributed by atoms with Crippen LogP contribution in [-0.2, 0) is 18.7 Å². The second-order valence-electron chi connectivity index (χ2n) is 6.57. The number of phosphoric acid groups is 1. The van der Waals surface area contributed by atoms with Gasteiger partial charge in [0.05, 0.1) is 18.7 Å². The lowest BCUT2D eigenvalue weighted by molar-refractivity contribution is -0.140. The van der Waals surface area contributed by atoms with Gasteiger partial charge in [-0.2, -0.15) is 13.2 Å². The summed E-state index contributed by atoms with van der Waals surface area (Å²) in [6.07, 6.45) is -4.29. The van der Waals surface area contributed by atoms with Gasteiger partial charge >= 0.3 is 14.0 Å². The number of alkyl halides is 3. The van der Waals surface area contributed by atoms with E-state index in [4.69, 9.17) is 9.79 Å². The largest absolute Gasteiger partial charge is 0.469 e. The Morgan fingerprint density at radius 1 is 0.964 bits per heavy atom. The van der Waals surface area contributed by atoms with Crippen LogP contribution in [0, 0.1) is 0 Å². The second kappa shape index (κ2) is 7.51. The number of phosphoric ester groups is 1. The van der Waals surface area contributed by atoms with Gasteiger partial charge in [0.1, 0.15) is 11.4 Å². The average Bonchev–Trinajstić information content (AvgIpc) is 3.42. The lowest BCUT2D eigenvalue weighted by atomic mass is 10.0. The molecule has 3 aliphatic heterocycles. The highest BCUT2D eigenvalue weighted by Crippen LogP contribution is 2.37. The third kappa shape index (κ3) is 5.81. The zero-order valence-corrected chi connectivity index (χ0v) is 15.6. The van der Waals surface area contributed by atoms with Crippen molar-refractivity contribution in [2.24, 2.45) is 0 Å². The topological polar surface area (TPSA) is 110 Å². The number of hydrogen-bond donors (Lipinski definition) is 2. The number of Topliss-reactive ketones (excluding diaryl/α,β-unsaturated/α-hetero) is 1. The SMILES string of the molecule is O=C1C=C(N2CC2)C(=O)C(N2CC2)=C1N1CC1.O=P(O)(O)OCCC(F)(F)F. The van der Waals surface area contributed by atoms with Gasteiger partial charge in [0.2, 0.25) is 11.6 Å². The molecule has 3 saturated heterocycles. The fraction of sp³-hybridized carbons (Fsp3) is 0.600. The Labute approximate surface area is 158 Å². The van der Waals surface area contributed by atoms with Crippen molar-refractivity contribution in [2.45, 2.75) is 12.6 Å². The molecule has 0 spiro atoms. The number of halogens is 3.